The lowest BCUT2D eigenvalue weighted by molar-refractivity contribution is -0.0500. The summed E-state index contributed by atoms with van der Waals surface area (Å²) in [5.74, 6) is -0.847. The molecule has 1 atom stereocenters. The molecule has 78 valence electrons. The van der Waals surface area contributed by atoms with Crippen LogP contribution in [0.3, 0.4) is 0 Å². The first-order valence-electron chi connectivity index (χ1n) is 4.00. The molecule has 2 N–H and O–H groups in total. The summed E-state index contributed by atoms with van der Waals surface area (Å²) in [5, 5.41) is 0. The van der Waals surface area contributed by atoms with Gasteiger partial charge in [0.15, 0.2) is 0 Å². The van der Waals surface area contributed by atoms with Gasteiger partial charge in [0, 0.05) is 17.7 Å². The van der Waals surface area contributed by atoms with Gasteiger partial charge in [-0.15, -0.1) is 0 Å². The van der Waals surface area contributed by atoms with Crippen LogP contribution >= 0.6 is 0 Å². The fourth-order valence-corrected chi connectivity index (χ4v) is 1.05. The lowest BCUT2D eigenvalue weighted by Crippen LogP contribution is -2.08. The van der Waals surface area contributed by atoms with Crippen LogP contribution < -0.4 is 10.5 Å². The van der Waals surface area contributed by atoms with E-state index in [1.807, 2.05) is 0 Å². The van der Waals surface area contributed by atoms with Gasteiger partial charge in [-0.3, -0.25) is 0 Å². The van der Waals surface area contributed by atoms with Crippen molar-refractivity contribution in [3.63, 3.8) is 0 Å². The van der Waals surface area contributed by atoms with Gasteiger partial charge in [-0.2, -0.15) is 8.78 Å². The zero-order valence-electron chi connectivity index (χ0n) is 7.51. The molecular formula is C9H10F3NO. The maximum absolute atomic E-state index is 13.1. The fourth-order valence-electron chi connectivity index (χ4n) is 1.05. The summed E-state index contributed by atoms with van der Waals surface area (Å²) in [7, 11) is 0. The molecule has 0 fully saturated rings. The third-order valence-corrected chi connectivity index (χ3v) is 1.69. The van der Waals surface area contributed by atoms with E-state index in [0.29, 0.717) is 0 Å². The summed E-state index contributed by atoms with van der Waals surface area (Å²) in [6, 6.07) is 3.01. The summed E-state index contributed by atoms with van der Waals surface area (Å²) in [6.07, 6.45) is 0. The first kappa shape index (κ1) is 10.8. The number of hydrogen-bond acceptors (Lipinski definition) is 2. The minimum Gasteiger partial charge on any atom is -0.435 e. The average Bonchev–Trinajstić information content (AvgIpc) is 2.01. The van der Waals surface area contributed by atoms with Crippen LogP contribution in [-0.2, 0) is 0 Å². The highest BCUT2D eigenvalue weighted by molar-refractivity contribution is 5.30. The zero-order chi connectivity index (χ0) is 10.7. The number of ether oxygens (including phenoxy) is 1. The summed E-state index contributed by atoms with van der Waals surface area (Å²) in [6.45, 7) is -1.35. The number of rotatable bonds is 3. The number of halogens is 3. The first-order valence-corrected chi connectivity index (χ1v) is 4.00. The summed E-state index contributed by atoms with van der Waals surface area (Å²) in [5.41, 5.74) is 5.71. The minimum atomic E-state index is -2.95. The van der Waals surface area contributed by atoms with Crippen LogP contribution in [0.4, 0.5) is 13.2 Å². The Labute approximate surface area is 79.5 Å². The van der Waals surface area contributed by atoms with Crippen molar-refractivity contribution < 1.29 is 17.9 Å². The van der Waals surface area contributed by atoms with Crippen LogP contribution in [0.5, 0.6) is 5.75 Å². The molecule has 0 spiro atoms. The number of benzene rings is 1. The van der Waals surface area contributed by atoms with E-state index in [-0.39, 0.29) is 11.3 Å². The molecule has 0 saturated carbocycles. The second-order valence-electron chi connectivity index (χ2n) is 2.85. The van der Waals surface area contributed by atoms with E-state index >= 15 is 0 Å². The molecule has 0 aliphatic carbocycles. The van der Waals surface area contributed by atoms with Crippen molar-refractivity contribution in [2.75, 3.05) is 0 Å². The summed E-state index contributed by atoms with van der Waals surface area (Å²) >= 11 is 0. The van der Waals surface area contributed by atoms with Gasteiger partial charge in [0.05, 0.1) is 0 Å². The van der Waals surface area contributed by atoms with Crippen molar-refractivity contribution in [1.82, 2.24) is 0 Å². The van der Waals surface area contributed by atoms with Crippen LogP contribution in [0.1, 0.15) is 18.5 Å². The molecule has 1 rings (SSSR count). The smallest absolute Gasteiger partial charge is 0.387 e. The van der Waals surface area contributed by atoms with Crippen molar-refractivity contribution in [2.45, 2.75) is 19.6 Å². The van der Waals surface area contributed by atoms with Gasteiger partial charge in [-0.05, 0) is 13.0 Å². The molecular weight excluding hydrogens is 195 g/mol. The van der Waals surface area contributed by atoms with Crippen LogP contribution in [0.2, 0.25) is 0 Å². The topological polar surface area (TPSA) is 35.2 Å². The average molecular weight is 205 g/mol. The molecule has 0 aliphatic rings. The zero-order valence-corrected chi connectivity index (χ0v) is 7.51. The predicted molar refractivity (Wildman–Crippen MR) is 45.6 cm³/mol. The molecule has 14 heavy (non-hydrogen) atoms. The normalized spacial score (nSPS) is 13.0. The second kappa shape index (κ2) is 4.32. The Morgan fingerprint density at radius 3 is 2.43 bits per heavy atom. The summed E-state index contributed by atoms with van der Waals surface area (Å²) < 4.78 is 40.6. The molecule has 0 unspecified atom stereocenters. The van der Waals surface area contributed by atoms with Crippen molar-refractivity contribution in [1.29, 1.82) is 0 Å². The predicted octanol–water partition coefficient (Wildman–Crippen LogP) is 2.45. The van der Waals surface area contributed by atoms with Crippen molar-refractivity contribution in [2.24, 2.45) is 5.73 Å². The highest BCUT2D eigenvalue weighted by atomic mass is 19.3. The number of alkyl halides is 2. The fraction of sp³-hybridized carbons (Fsp3) is 0.333. The van der Waals surface area contributed by atoms with Gasteiger partial charge in [-0.1, -0.05) is 6.07 Å². The van der Waals surface area contributed by atoms with Gasteiger partial charge in [0.25, 0.3) is 0 Å². The molecule has 5 heteroatoms. The Hall–Kier alpha value is -1.23. The van der Waals surface area contributed by atoms with Gasteiger partial charge in [0.1, 0.15) is 11.6 Å². The SMILES string of the molecule is C[C@@H](N)c1ccc(OC(F)F)cc1F. The number of nitrogens with two attached hydrogens (primary N) is 1. The second-order valence-corrected chi connectivity index (χ2v) is 2.85. The van der Waals surface area contributed by atoms with E-state index in [1.54, 1.807) is 6.92 Å². The Morgan fingerprint density at radius 2 is 2.00 bits per heavy atom. The Bertz CT molecular complexity index is 315. The van der Waals surface area contributed by atoms with Gasteiger partial charge < -0.3 is 10.5 Å². The molecule has 0 aliphatic heterocycles. The standard InChI is InChI=1S/C9H10F3NO/c1-5(13)7-3-2-6(4-8(7)10)14-9(11)12/h2-5,9H,13H2,1H3/t5-/m1/s1. The molecule has 0 bridgehead atoms. The van der Waals surface area contributed by atoms with E-state index in [0.717, 1.165) is 6.07 Å². The van der Waals surface area contributed by atoms with Crippen LogP contribution in [0.15, 0.2) is 18.2 Å². The summed E-state index contributed by atoms with van der Waals surface area (Å²) in [4.78, 5) is 0. The molecule has 2 nitrogen and oxygen atoms in total. The maximum Gasteiger partial charge on any atom is 0.387 e. The van der Waals surface area contributed by atoms with E-state index < -0.39 is 18.5 Å². The molecule has 0 heterocycles. The van der Waals surface area contributed by atoms with Gasteiger partial charge in [-0.25, -0.2) is 4.39 Å². The monoisotopic (exact) mass is 205 g/mol. The van der Waals surface area contributed by atoms with Crippen molar-refractivity contribution in [3.8, 4) is 5.75 Å². The van der Waals surface area contributed by atoms with Crippen LogP contribution in [0, 0.1) is 5.82 Å². The largest absolute Gasteiger partial charge is 0.435 e. The first-order chi connectivity index (χ1) is 6.50. The highest BCUT2D eigenvalue weighted by Crippen LogP contribution is 2.21. The lowest BCUT2D eigenvalue weighted by atomic mass is 10.1. The highest BCUT2D eigenvalue weighted by Gasteiger charge is 2.10. The van der Waals surface area contributed by atoms with Crippen LogP contribution in [-0.4, -0.2) is 6.61 Å². The Kier molecular flexibility index (Phi) is 3.35. The molecule has 0 radical (unpaired) electrons. The van der Waals surface area contributed by atoms with Crippen molar-refractivity contribution >= 4 is 0 Å². The Morgan fingerprint density at radius 1 is 1.36 bits per heavy atom. The molecule has 1 aromatic carbocycles. The molecule has 1 aromatic rings. The lowest BCUT2D eigenvalue weighted by Gasteiger charge is -2.09. The molecule has 0 amide bonds. The van der Waals surface area contributed by atoms with E-state index in [4.69, 9.17) is 5.73 Å². The van der Waals surface area contributed by atoms with Gasteiger partial charge >= 0.3 is 6.61 Å². The van der Waals surface area contributed by atoms with E-state index in [1.165, 1.54) is 12.1 Å². The third kappa shape index (κ3) is 2.63. The van der Waals surface area contributed by atoms with Gasteiger partial charge in [0.2, 0.25) is 0 Å². The maximum atomic E-state index is 13.1. The molecule has 0 saturated heterocycles. The minimum absolute atomic E-state index is 0.207. The van der Waals surface area contributed by atoms with Crippen LogP contribution in [0.25, 0.3) is 0 Å². The van der Waals surface area contributed by atoms with E-state index in [2.05, 4.69) is 4.74 Å². The third-order valence-electron chi connectivity index (χ3n) is 1.69. The van der Waals surface area contributed by atoms with Crippen molar-refractivity contribution in [3.05, 3.63) is 29.6 Å². The Balaban J connectivity index is 2.89. The number of hydrogen-bond donors (Lipinski definition) is 1. The molecule has 0 aromatic heterocycles. The van der Waals surface area contributed by atoms with E-state index in [9.17, 15) is 13.2 Å². The quantitative estimate of drug-likeness (QED) is 0.822.